The van der Waals surface area contributed by atoms with Gasteiger partial charge in [-0.05, 0) is 0 Å². The minimum atomic E-state index is -1.74. The fourth-order valence-corrected chi connectivity index (χ4v) is 3.65. The van der Waals surface area contributed by atoms with Crippen molar-refractivity contribution in [3.63, 3.8) is 0 Å². The zero-order valence-corrected chi connectivity index (χ0v) is 18.2. The van der Waals surface area contributed by atoms with Gasteiger partial charge in [-0.3, -0.25) is 0 Å². The first kappa shape index (κ1) is 30.5. The second kappa shape index (κ2) is 13.2. The van der Waals surface area contributed by atoms with Gasteiger partial charge in [0.25, 0.3) is 0 Å². The molecule has 0 aromatic rings. The van der Waals surface area contributed by atoms with Crippen molar-refractivity contribution in [2.45, 2.75) is 92.1 Å². The van der Waals surface area contributed by atoms with E-state index in [-0.39, 0.29) is 0 Å². The van der Waals surface area contributed by atoms with E-state index < -0.39 is 112 Å². The Labute approximate surface area is 198 Å². The predicted octanol–water partition coefficient (Wildman–Crippen LogP) is -8.62. The van der Waals surface area contributed by atoms with Crippen LogP contribution in [0.1, 0.15) is 0 Å². The first-order valence-corrected chi connectivity index (χ1v) is 10.6. The predicted molar refractivity (Wildman–Crippen MR) is 105 cm³/mol. The van der Waals surface area contributed by atoms with Gasteiger partial charge in [-0.25, -0.2) is 0 Å². The summed E-state index contributed by atoms with van der Waals surface area (Å²) in [5.74, 6) is 0. The first-order valence-electron chi connectivity index (χ1n) is 10.6. The normalized spacial score (nSPS) is 50.8. The fraction of sp³-hybridized carbons (Fsp3) is 1.00. The number of rotatable bonds is 5. The van der Waals surface area contributed by atoms with Gasteiger partial charge in [0.1, 0.15) is 73.2 Å². The lowest BCUT2D eigenvalue weighted by atomic mass is 9.97. The average Bonchev–Trinajstić information content (AvgIpc) is 2.85. The molecule has 0 saturated carbocycles. The summed E-state index contributed by atoms with van der Waals surface area (Å²) >= 11 is 0. The molecule has 3 fully saturated rings. The standard InChI is InChI=1S/C12H22O11.C6H12O6/c13-1-3-5(15)6(16)9(19)12(22-3)23-10-4(2-14)21-11(20)8(18)7(10)17;7-1-2-3(8)4(9)5(10)6(11)12-2/h3-20H,1-2H2;2-11H,1H2/t3-,4-,5+,6+,7-,8?,9-,10-,11?,12+;2-,3+,4+,5-,6?/m11/s1. The van der Waals surface area contributed by atoms with Crippen LogP contribution in [0.2, 0.25) is 0 Å². The third kappa shape index (κ3) is 6.80. The summed E-state index contributed by atoms with van der Waals surface area (Å²) in [7, 11) is 0. The van der Waals surface area contributed by atoms with E-state index in [0.29, 0.717) is 0 Å². The van der Waals surface area contributed by atoms with Gasteiger partial charge in [0.15, 0.2) is 18.9 Å². The van der Waals surface area contributed by atoms with Gasteiger partial charge in [-0.1, -0.05) is 0 Å². The van der Waals surface area contributed by atoms with Crippen molar-refractivity contribution in [1.82, 2.24) is 0 Å². The molecule has 13 N–H and O–H groups in total. The second-order valence-electron chi connectivity index (χ2n) is 8.25. The van der Waals surface area contributed by atoms with E-state index in [2.05, 4.69) is 4.74 Å². The zero-order chi connectivity index (χ0) is 26.6. The van der Waals surface area contributed by atoms with Crippen molar-refractivity contribution in [1.29, 1.82) is 0 Å². The van der Waals surface area contributed by atoms with Crippen molar-refractivity contribution < 1.29 is 85.3 Å². The van der Waals surface area contributed by atoms with Gasteiger partial charge >= 0.3 is 0 Å². The summed E-state index contributed by atoms with van der Waals surface area (Å²) in [4.78, 5) is 0. The van der Waals surface area contributed by atoms with Crippen LogP contribution in [0.15, 0.2) is 0 Å². The van der Waals surface area contributed by atoms with Gasteiger partial charge in [0.05, 0.1) is 19.8 Å². The molecule has 0 aromatic carbocycles. The molecule has 0 spiro atoms. The van der Waals surface area contributed by atoms with E-state index in [1.54, 1.807) is 0 Å². The summed E-state index contributed by atoms with van der Waals surface area (Å²) in [6.07, 6.45) is -22.6. The Morgan fingerprint density at radius 1 is 0.429 bits per heavy atom. The third-order valence-corrected chi connectivity index (χ3v) is 5.85. The molecule has 3 aliphatic heterocycles. The number of aliphatic hydroxyl groups is 13. The van der Waals surface area contributed by atoms with Crippen LogP contribution in [0.4, 0.5) is 0 Å². The Kier molecular flexibility index (Phi) is 11.5. The van der Waals surface area contributed by atoms with Gasteiger partial charge < -0.3 is 85.3 Å². The molecule has 3 aliphatic rings. The van der Waals surface area contributed by atoms with Crippen molar-refractivity contribution >= 4 is 0 Å². The van der Waals surface area contributed by atoms with Crippen LogP contribution >= 0.6 is 0 Å². The topological polar surface area (TPSA) is 300 Å². The van der Waals surface area contributed by atoms with Crippen molar-refractivity contribution in [3.8, 4) is 0 Å². The van der Waals surface area contributed by atoms with Crippen molar-refractivity contribution in [2.24, 2.45) is 0 Å². The van der Waals surface area contributed by atoms with Gasteiger partial charge in [-0.2, -0.15) is 0 Å². The molecular weight excluding hydrogens is 488 g/mol. The van der Waals surface area contributed by atoms with E-state index in [0.717, 1.165) is 0 Å². The van der Waals surface area contributed by atoms with Gasteiger partial charge in [0.2, 0.25) is 0 Å². The van der Waals surface area contributed by atoms with Crippen LogP contribution < -0.4 is 0 Å². The molecule has 0 aromatic heterocycles. The third-order valence-electron chi connectivity index (χ3n) is 5.85. The van der Waals surface area contributed by atoms with Crippen LogP contribution in [0.25, 0.3) is 0 Å². The summed E-state index contributed by atoms with van der Waals surface area (Å²) in [6, 6.07) is 0. The smallest absolute Gasteiger partial charge is 0.187 e. The molecule has 17 heteroatoms. The van der Waals surface area contributed by atoms with Crippen LogP contribution in [-0.2, 0) is 18.9 Å². The van der Waals surface area contributed by atoms with E-state index >= 15 is 0 Å². The molecule has 15 atom stereocenters. The average molecular weight is 522 g/mol. The van der Waals surface area contributed by atoms with Crippen LogP contribution in [0.3, 0.4) is 0 Å². The Hall–Kier alpha value is -0.680. The monoisotopic (exact) mass is 522 g/mol. The minimum absolute atomic E-state index is 0.526. The summed E-state index contributed by atoms with van der Waals surface area (Å²) in [5, 5.41) is 121. The van der Waals surface area contributed by atoms with Crippen LogP contribution in [0.5, 0.6) is 0 Å². The lowest BCUT2D eigenvalue weighted by molar-refractivity contribution is -0.355. The number of ether oxygens (including phenoxy) is 4. The maximum Gasteiger partial charge on any atom is 0.187 e. The molecule has 0 bridgehead atoms. The van der Waals surface area contributed by atoms with Crippen molar-refractivity contribution in [3.05, 3.63) is 0 Å². The molecular formula is C18H34O17. The molecule has 208 valence electrons. The second-order valence-corrected chi connectivity index (χ2v) is 8.25. The Morgan fingerprint density at radius 3 is 1.31 bits per heavy atom. The number of aliphatic hydroxyl groups excluding tert-OH is 13. The van der Waals surface area contributed by atoms with Gasteiger partial charge in [0, 0.05) is 0 Å². The number of hydrogen-bond acceptors (Lipinski definition) is 17. The fourth-order valence-electron chi connectivity index (χ4n) is 3.65. The molecule has 0 aliphatic carbocycles. The highest BCUT2D eigenvalue weighted by atomic mass is 16.7. The molecule has 0 radical (unpaired) electrons. The Bertz CT molecular complexity index is 619. The van der Waals surface area contributed by atoms with E-state index in [1.165, 1.54) is 0 Å². The van der Waals surface area contributed by atoms with E-state index in [9.17, 15) is 35.7 Å². The lowest BCUT2D eigenvalue weighted by Gasteiger charge is -2.45. The number of hydrogen-bond donors (Lipinski definition) is 13. The van der Waals surface area contributed by atoms with Gasteiger partial charge in [-0.15, -0.1) is 0 Å². The summed E-state index contributed by atoms with van der Waals surface area (Å²) in [6.45, 7) is -1.87. The highest BCUT2D eigenvalue weighted by molar-refractivity contribution is 4.93. The molecule has 3 rings (SSSR count). The van der Waals surface area contributed by atoms with Crippen molar-refractivity contribution in [2.75, 3.05) is 19.8 Å². The summed E-state index contributed by atoms with van der Waals surface area (Å²) in [5.41, 5.74) is 0. The molecule has 35 heavy (non-hydrogen) atoms. The van der Waals surface area contributed by atoms with Crippen LogP contribution in [-0.4, -0.2) is 178 Å². The molecule has 0 amide bonds. The van der Waals surface area contributed by atoms with E-state index in [4.69, 9.17) is 44.8 Å². The Morgan fingerprint density at radius 2 is 0.829 bits per heavy atom. The maximum atomic E-state index is 9.94. The zero-order valence-electron chi connectivity index (χ0n) is 18.2. The molecule has 17 nitrogen and oxygen atoms in total. The molecule has 3 unspecified atom stereocenters. The molecule has 3 heterocycles. The largest absolute Gasteiger partial charge is 0.394 e. The molecule has 3 saturated heterocycles. The SMILES string of the molecule is OC[C@H]1OC(O)[C@H](O)[C@@H](O)[C@H]1O.OC[C@H]1O[C@@H](O[C@H]2[C@H](O)C(O)C(O)O[C@@H]2CO)[C@H](O)[C@@H](O)[C@H]1O. The maximum absolute atomic E-state index is 9.94. The highest BCUT2D eigenvalue weighted by Crippen LogP contribution is 2.28. The quantitative estimate of drug-likeness (QED) is 0.159. The first-order chi connectivity index (χ1) is 16.4. The Balaban J connectivity index is 0.000000303. The minimum Gasteiger partial charge on any atom is -0.394 e. The highest BCUT2D eigenvalue weighted by Gasteiger charge is 2.50. The summed E-state index contributed by atoms with van der Waals surface area (Å²) < 4.78 is 19.8. The lowest BCUT2D eigenvalue weighted by Crippen LogP contribution is -2.64. The van der Waals surface area contributed by atoms with E-state index in [1.807, 2.05) is 0 Å². The van der Waals surface area contributed by atoms with Crippen LogP contribution in [0, 0.1) is 0 Å².